The standard InChI is InChI=1S/C22H36N4O3/c1-6-24-20(27)22(3,4)15-26-21(23-5)25-12-18-8-7-16(2)11-19(18)29-14-17-9-10-28-13-17/h7-8,11,17H,6,9-10,12-15H2,1-5H3,(H,24,27)(H2,23,25,26). The highest BCUT2D eigenvalue weighted by Crippen LogP contribution is 2.22. The van der Waals surface area contributed by atoms with Gasteiger partial charge in [-0.05, 0) is 45.7 Å². The summed E-state index contributed by atoms with van der Waals surface area (Å²) in [4.78, 5) is 16.4. The van der Waals surface area contributed by atoms with Crippen molar-refractivity contribution in [2.45, 2.75) is 40.7 Å². The van der Waals surface area contributed by atoms with Crippen LogP contribution in [0.1, 0.15) is 38.3 Å². The Morgan fingerprint density at radius 3 is 2.76 bits per heavy atom. The van der Waals surface area contributed by atoms with Crippen molar-refractivity contribution < 1.29 is 14.3 Å². The van der Waals surface area contributed by atoms with Gasteiger partial charge in [0.25, 0.3) is 0 Å². The maximum Gasteiger partial charge on any atom is 0.227 e. The van der Waals surface area contributed by atoms with Gasteiger partial charge >= 0.3 is 0 Å². The van der Waals surface area contributed by atoms with Crippen LogP contribution in [0.3, 0.4) is 0 Å². The fourth-order valence-electron chi connectivity index (χ4n) is 3.05. The molecule has 1 aromatic carbocycles. The van der Waals surface area contributed by atoms with Crippen LogP contribution in [0, 0.1) is 18.3 Å². The van der Waals surface area contributed by atoms with Gasteiger partial charge in [0.15, 0.2) is 5.96 Å². The second-order valence-electron chi connectivity index (χ2n) is 8.17. The van der Waals surface area contributed by atoms with Crippen LogP contribution in [0.15, 0.2) is 23.2 Å². The molecule has 0 saturated carbocycles. The van der Waals surface area contributed by atoms with Crippen molar-refractivity contribution in [2.24, 2.45) is 16.3 Å². The minimum Gasteiger partial charge on any atom is -0.493 e. The van der Waals surface area contributed by atoms with Gasteiger partial charge in [-0.2, -0.15) is 0 Å². The summed E-state index contributed by atoms with van der Waals surface area (Å²) in [6.07, 6.45) is 1.05. The Balaban J connectivity index is 1.92. The van der Waals surface area contributed by atoms with Gasteiger partial charge in [0.05, 0.1) is 18.6 Å². The van der Waals surface area contributed by atoms with Gasteiger partial charge in [0.2, 0.25) is 5.91 Å². The Morgan fingerprint density at radius 1 is 1.31 bits per heavy atom. The van der Waals surface area contributed by atoms with Crippen molar-refractivity contribution in [3.8, 4) is 5.75 Å². The summed E-state index contributed by atoms with van der Waals surface area (Å²) >= 11 is 0. The number of ether oxygens (including phenoxy) is 2. The van der Waals surface area contributed by atoms with Gasteiger partial charge in [-0.25, -0.2) is 0 Å². The number of benzene rings is 1. The largest absolute Gasteiger partial charge is 0.493 e. The number of rotatable bonds is 9. The van der Waals surface area contributed by atoms with Gasteiger partial charge in [-0.1, -0.05) is 12.1 Å². The van der Waals surface area contributed by atoms with Crippen molar-refractivity contribution >= 4 is 11.9 Å². The predicted molar refractivity (Wildman–Crippen MR) is 116 cm³/mol. The number of hydrogen-bond donors (Lipinski definition) is 3. The van der Waals surface area contributed by atoms with Crippen molar-refractivity contribution in [3.63, 3.8) is 0 Å². The highest BCUT2D eigenvalue weighted by Gasteiger charge is 2.27. The van der Waals surface area contributed by atoms with Crippen molar-refractivity contribution in [2.75, 3.05) is 40.0 Å². The van der Waals surface area contributed by atoms with Crippen LogP contribution < -0.4 is 20.7 Å². The number of guanidine groups is 1. The molecule has 1 saturated heterocycles. The lowest BCUT2D eigenvalue weighted by Gasteiger charge is -2.25. The third-order valence-electron chi connectivity index (χ3n) is 5.04. The zero-order chi connectivity index (χ0) is 21.3. The zero-order valence-electron chi connectivity index (χ0n) is 18.4. The van der Waals surface area contributed by atoms with E-state index in [1.165, 1.54) is 0 Å². The number of nitrogens with one attached hydrogen (secondary N) is 3. The van der Waals surface area contributed by atoms with Crippen molar-refractivity contribution in [1.82, 2.24) is 16.0 Å². The monoisotopic (exact) mass is 404 g/mol. The molecule has 2 rings (SSSR count). The molecule has 0 aromatic heterocycles. The first-order valence-electron chi connectivity index (χ1n) is 10.4. The lowest BCUT2D eigenvalue weighted by Crippen LogP contribution is -2.47. The van der Waals surface area contributed by atoms with Crippen LogP contribution in [-0.4, -0.2) is 51.8 Å². The van der Waals surface area contributed by atoms with Gasteiger partial charge in [-0.15, -0.1) is 0 Å². The average molecular weight is 405 g/mol. The number of carbonyl (C=O) groups excluding carboxylic acids is 1. The normalized spacial score (nSPS) is 17.1. The molecule has 1 atom stereocenters. The molecule has 7 nitrogen and oxygen atoms in total. The minimum atomic E-state index is -0.533. The molecular weight excluding hydrogens is 368 g/mol. The van der Waals surface area contributed by atoms with Gasteiger partial charge in [-0.3, -0.25) is 9.79 Å². The van der Waals surface area contributed by atoms with E-state index in [1.54, 1.807) is 7.05 Å². The van der Waals surface area contributed by atoms with Crippen LogP contribution >= 0.6 is 0 Å². The molecule has 29 heavy (non-hydrogen) atoms. The number of nitrogens with zero attached hydrogens (tertiary/aromatic N) is 1. The summed E-state index contributed by atoms with van der Waals surface area (Å²) in [6, 6.07) is 6.23. The van der Waals surface area contributed by atoms with E-state index >= 15 is 0 Å². The number of hydrogen-bond acceptors (Lipinski definition) is 4. The second-order valence-corrected chi connectivity index (χ2v) is 8.17. The summed E-state index contributed by atoms with van der Waals surface area (Å²) in [5, 5.41) is 9.44. The Morgan fingerprint density at radius 2 is 2.10 bits per heavy atom. The summed E-state index contributed by atoms with van der Waals surface area (Å²) < 4.78 is 11.5. The van der Waals surface area contributed by atoms with Crippen molar-refractivity contribution in [3.05, 3.63) is 29.3 Å². The van der Waals surface area contributed by atoms with E-state index in [0.717, 1.165) is 36.5 Å². The molecule has 1 aromatic rings. The highest BCUT2D eigenvalue weighted by molar-refractivity contribution is 5.84. The van der Waals surface area contributed by atoms with E-state index in [4.69, 9.17) is 9.47 Å². The molecule has 162 valence electrons. The molecule has 1 amide bonds. The van der Waals surface area contributed by atoms with Gasteiger partial charge < -0.3 is 25.4 Å². The fourth-order valence-corrected chi connectivity index (χ4v) is 3.05. The fraction of sp³-hybridized carbons (Fsp3) is 0.636. The third kappa shape index (κ3) is 7.24. The summed E-state index contributed by atoms with van der Waals surface area (Å²) in [7, 11) is 1.72. The number of aliphatic imine (C=N–C) groups is 1. The highest BCUT2D eigenvalue weighted by atomic mass is 16.5. The molecule has 1 unspecified atom stereocenters. The Kier molecular flexibility index (Phi) is 8.76. The predicted octanol–water partition coefficient (Wildman–Crippen LogP) is 2.24. The maximum atomic E-state index is 12.2. The lowest BCUT2D eigenvalue weighted by atomic mass is 9.92. The lowest BCUT2D eigenvalue weighted by molar-refractivity contribution is -0.128. The number of amides is 1. The molecule has 1 aliphatic rings. The van der Waals surface area contributed by atoms with Gasteiger partial charge in [0.1, 0.15) is 5.75 Å². The van der Waals surface area contributed by atoms with E-state index in [-0.39, 0.29) is 5.91 Å². The molecule has 1 aliphatic heterocycles. The second kappa shape index (κ2) is 11.0. The molecule has 0 aliphatic carbocycles. The summed E-state index contributed by atoms with van der Waals surface area (Å²) in [5.74, 6) is 2.02. The first-order chi connectivity index (χ1) is 13.9. The first-order valence-corrected chi connectivity index (χ1v) is 10.4. The van der Waals surface area contributed by atoms with Crippen LogP contribution in [-0.2, 0) is 16.1 Å². The maximum absolute atomic E-state index is 12.2. The molecule has 0 bridgehead atoms. The molecule has 0 radical (unpaired) electrons. The number of carbonyl (C=O) groups is 1. The van der Waals surface area contributed by atoms with Crippen LogP contribution in [0.2, 0.25) is 0 Å². The van der Waals surface area contributed by atoms with E-state index in [2.05, 4.69) is 46.1 Å². The first kappa shape index (κ1) is 23.0. The zero-order valence-corrected chi connectivity index (χ0v) is 18.4. The average Bonchev–Trinajstić information content (AvgIpc) is 3.21. The SMILES string of the molecule is CCNC(=O)C(C)(C)CNC(=NC)NCc1ccc(C)cc1OCC1CCOC1. The molecular formula is C22H36N4O3. The molecule has 0 spiro atoms. The summed E-state index contributed by atoms with van der Waals surface area (Å²) in [5.41, 5.74) is 1.70. The van der Waals surface area contributed by atoms with Crippen LogP contribution in [0.4, 0.5) is 0 Å². The molecule has 7 heteroatoms. The van der Waals surface area contributed by atoms with E-state index in [1.807, 2.05) is 20.8 Å². The van der Waals surface area contributed by atoms with E-state index < -0.39 is 5.41 Å². The Hall–Kier alpha value is -2.28. The minimum absolute atomic E-state index is 0.0214. The van der Waals surface area contributed by atoms with E-state index in [0.29, 0.717) is 38.1 Å². The smallest absolute Gasteiger partial charge is 0.227 e. The summed E-state index contributed by atoms with van der Waals surface area (Å²) in [6.45, 7) is 11.8. The quantitative estimate of drug-likeness (QED) is 0.434. The molecule has 1 fully saturated rings. The Labute approximate surface area is 174 Å². The van der Waals surface area contributed by atoms with E-state index in [9.17, 15) is 4.79 Å². The topological polar surface area (TPSA) is 84.0 Å². The molecule has 1 heterocycles. The van der Waals surface area contributed by atoms with Gasteiger partial charge in [0, 0.05) is 44.8 Å². The third-order valence-corrected chi connectivity index (χ3v) is 5.04. The Bertz CT molecular complexity index is 697. The van der Waals surface area contributed by atoms with Crippen LogP contribution in [0.5, 0.6) is 5.75 Å². The van der Waals surface area contributed by atoms with Crippen LogP contribution in [0.25, 0.3) is 0 Å². The van der Waals surface area contributed by atoms with Crippen molar-refractivity contribution in [1.29, 1.82) is 0 Å². The number of aryl methyl sites for hydroxylation is 1. The molecule has 3 N–H and O–H groups in total.